The molecule has 1 rings (SSSR count). The first kappa shape index (κ1) is 10.8. The zero-order valence-electron chi connectivity index (χ0n) is 8.84. The fourth-order valence-corrected chi connectivity index (χ4v) is 1.49. The second-order valence-electron chi connectivity index (χ2n) is 3.88. The molecule has 4 nitrogen and oxygen atoms in total. The Hall–Kier alpha value is -1.32. The van der Waals surface area contributed by atoms with Gasteiger partial charge in [0.25, 0.3) is 0 Å². The number of Topliss-reactive ketones (excluding diaryl/α,β-unsaturated/α-hetero) is 2. The van der Waals surface area contributed by atoms with Crippen molar-refractivity contribution in [3.8, 4) is 0 Å². The molecule has 1 aliphatic rings. The summed E-state index contributed by atoms with van der Waals surface area (Å²) < 4.78 is 9.75. The molecule has 0 aromatic heterocycles. The summed E-state index contributed by atoms with van der Waals surface area (Å²) in [5.41, 5.74) is -0.690. The van der Waals surface area contributed by atoms with E-state index in [9.17, 15) is 9.59 Å². The highest BCUT2D eigenvalue weighted by Gasteiger charge is 2.42. The van der Waals surface area contributed by atoms with E-state index in [0.717, 1.165) is 0 Å². The molecule has 0 N–H and O–H groups in total. The molecule has 0 aliphatic heterocycles. The summed E-state index contributed by atoms with van der Waals surface area (Å²) in [5.74, 6) is -0.295. The van der Waals surface area contributed by atoms with Crippen molar-refractivity contribution in [3.63, 3.8) is 0 Å². The van der Waals surface area contributed by atoms with Crippen LogP contribution in [0.1, 0.15) is 20.3 Å². The first-order valence-electron chi connectivity index (χ1n) is 4.34. The Balaban J connectivity index is 3.23. The second-order valence-corrected chi connectivity index (χ2v) is 3.88. The van der Waals surface area contributed by atoms with Crippen LogP contribution in [0.4, 0.5) is 0 Å². The normalized spacial score (nSPS) is 21.1. The number of ketones is 2. The number of ether oxygens (including phenoxy) is 2. The second kappa shape index (κ2) is 3.44. The predicted molar refractivity (Wildman–Crippen MR) is 49.5 cm³/mol. The van der Waals surface area contributed by atoms with Gasteiger partial charge in [0, 0.05) is 11.8 Å². The minimum Gasteiger partial charge on any atom is -0.490 e. The summed E-state index contributed by atoms with van der Waals surface area (Å²) in [4.78, 5) is 23.3. The van der Waals surface area contributed by atoms with Crippen molar-refractivity contribution < 1.29 is 19.1 Å². The Labute approximate surface area is 82.9 Å². The molecule has 0 atom stereocenters. The first-order valence-corrected chi connectivity index (χ1v) is 4.34. The number of hydrogen-bond acceptors (Lipinski definition) is 4. The summed E-state index contributed by atoms with van der Waals surface area (Å²) in [6.45, 7) is 3.44. The van der Waals surface area contributed by atoms with E-state index in [1.807, 2.05) is 0 Å². The Kier molecular flexibility index (Phi) is 2.64. The number of rotatable bonds is 2. The third-order valence-corrected chi connectivity index (χ3v) is 2.29. The Morgan fingerprint density at radius 1 is 1.07 bits per heavy atom. The van der Waals surface area contributed by atoms with Crippen molar-refractivity contribution >= 4 is 11.6 Å². The lowest BCUT2D eigenvalue weighted by Gasteiger charge is -2.28. The number of carbonyl (C=O) groups excluding carboxylic acids is 2. The van der Waals surface area contributed by atoms with Crippen molar-refractivity contribution in [3.05, 3.63) is 11.5 Å². The molecular weight excluding hydrogens is 184 g/mol. The molecular formula is C10H14O4. The van der Waals surface area contributed by atoms with Crippen molar-refractivity contribution in [1.29, 1.82) is 0 Å². The molecule has 1 aliphatic carbocycles. The maximum absolute atomic E-state index is 11.8. The van der Waals surface area contributed by atoms with Gasteiger partial charge in [-0.25, -0.2) is 0 Å². The smallest absolute Gasteiger partial charge is 0.208 e. The minimum absolute atomic E-state index is 0.0359. The van der Waals surface area contributed by atoms with Crippen molar-refractivity contribution in [1.82, 2.24) is 0 Å². The molecule has 0 amide bonds. The lowest BCUT2D eigenvalue weighted by Crippen LogP contribution is -2.36. The van der Waals surface area contributed by atoms with Gasteiger partial charge in [-0.2, -0.15) is 0 Å². The van der Waals surface area contributed by atoms with Crippen LogP contribution in [0.5, 0.6) is 0 Å². The average Bonchev–Trinajstić information content (AvgIpc) is 2.10. The van der Waals surface area contributed by atoms with E-state index >= 15 is 0 Å². The summed E-state index contributed by atoms with van der Waals surface area (Å²) in [6, 6.07) is 0. The van der Waals surface area contributed by atoms with Gasteiger partial charge in [0.05, 0.1) is 14.2 Å². The van der Waals surface area contributed by atoms with Crippen molar-refractivity contribution in [2.75, 3.05) is 14.2 Å². The van der Waals surface area contributed by atoms with Crippen LogP contribution in [-0.4, -0.2) is 25.8 Å². The Morgan fingerprint density at radius 3 is 2.00 bits per heavy atom. The fourth-order valence-electron chi connectivity index (χ4n) is 1.49. The average molecular weight is 198 g/mol. The molecule has 0 unspecified atom stereocenters. The molecule has 4 heteroatoms. The van der Waals surface area contributed by atoms with Crippen LogP contribution >= 0.6 is 0 Å². The van der Waals surface area contributed by atoms with E-state index in [1.54, 1.807) is 13.8 Å². The lowest BCUT2D eigenvalue weighted by atomic mass is 9.77. The molecule has 0 heterocycles. The van der Waals surface area contributed by atoms with Crippen LogP contribution in [0.3, 0.4) is 0 Å². The molecule has 0 radical (unpaired) electrons. The van der Waals surface area contributed by atoms with Gasteiger partial charge in [-0.1, -0.05) is 13.8 Å². The number of hydrogen-bond donors (Lipinski definition) is 0. The van der Waals surface area contributed by atoms with Crippen molar-refractivity contribution in [2.24, 2.45) is 5.41 Å². The van der Waals surface area contributed by atoms with Gasteiger partial charge in [0.15, 0.2) is 0 Å². The monoisotopic (exact) mass is 198 g/mol. The molecule has 0 spiro atoms. The third-order valence-electron chi connectivity index (χ3n) is 2.29. The number of allylic oxidation sites excluding steroid dienone is 2. The lowest BCUT2D eigenvalue weighted by molar-refractivity contribution is -0.135. The maximum atomic E-state index is 11.8. The first-order chi connectivity index (χ1) is 6.44. The van der Waals surface area contributed by atoms with Crippen LogP contribution < -0.4 is 0 Å². The van der Waals surface area contributed by atoms with Gasteiger partial charge in [-0.05, 0) is 0 Å². The van der Waals surface area contributed by atoms with Gasteiger partial charge in [-0.15, -0.1) is 0 Å². The molecule has 0 saturated heterocycles. The van der Waals surface area contributed by atoms with E-state index < -0.39 is 5.41 Å². The van der Waals surface area contributed by atoms with Crippen LogP contribution in [0.15, 0.2) is 11.5 Å². The molecule has 0 saturated carbocycles. The molecule has 14 heavy (non-hydrogen) atoms. The van der Waals surface area contributed by atoms with E-state index in [1.165, 1.54) is 14.2 Å². The van der Waals surface area contributed by atoms with E-state index in [4.69, 9.17) is 9.47 Å². The predicted octanol–water partition coefficient (Wildman–Crippen LogP) is 1.06. The Morgan fingerprint density at radius 2 is 1.57 bits per heavy atom. The van der Waals surface area contributed by atoms with Crippen molar-refractivity contribution in [2.45, 2.75) is 20.3 Å². The highest BCUT2D eigenvalue weighted by molar-refractivity contribution is 6.12. The van der Waals surface area contributed by atoms with Gasteiger partial charge in [-0.3, -0.25) is 9.59 Å². The summed E-state index contributed by atoms with van der Waals surface area (Å²) >= 11 is 0. The molecule has 0 aromatic carbocycles. The standard InChI is InChI=1S/C10H14O4/c1-10(2)5-6(11)7(13-3)8(14-4)9(10)12/h5H2,1-4H3. The van der Waals surface area contributed by atoms with Crippen LogP contribution in [0.2, 0.25) is 0 Å². The fraction of sp³-hybridized carbons (Fsp3) is 0.600. The Bertz CT molecular complexity index is 312. The number of carbonyl (C=O) groups is 2. The van der Waals surface area contributed by atoms with E-state index in [2.05, 4.69) is 0 Å². The van der Waals surface area contributed by atoms with Crippen LogP contribution in [0.25, 0.3) is 0 Å². The quantitative estimate of drug-likeness (QED) is 0.665. The maximum Gasteiger partial charge on any atom is 0.208 e. The molecule has 0 fully saturated rings. The van der Waals surface area contributed by atoms with Gasteiger partial charge < -0.3 is 9.47 Å². The molecule has 0 bridgehead atoms. The number of methoxy groups -OCH3 is 2. The van der Waals surface area contributed by atoms with E-state index in [-0.39, 0.29) is 29.5 Å². The van der Waals surface area contributed by atoms with Crippen LogP contribution in [0, 0.1) is 5.41 Å². The van der Waals surface area contributed by atoms with Gasteiger partial charge in [0.2, 0.25) is 23.1 Å². The largest absolute Gasteiger partial charge is 0.490 e. The molecule has 78 valence electrons. The summed E-state index contributed by atoms with van der Waals surface area (Å²) in [5, 5.41) is 0. The summed E-state index contributed by atoms with van der Waals surface area (Å²) in [6.07, 6.45) is 0.169. The van der Waals surface area contributed by atoms with Crippen LogP contribution in [-0.2, 0) is 19.1 Å². The zero-order chi connectivity index (χ0) is 10.9. The minimum atomic E-state index is -0.690. The SMILES string of the molecule is COC1=C(OC)C(=O)C(C)(C)CC1=O. The third kappa shape index (κ3) is 1.52. The van der Waals surface area contributed by atoms with Gasteiger partial charge >= 0.3 is 0 Å². The van der Waals surface area contributed by atoms with Gasteiger partial charge in [0.1, 0.15) is 0 Å². The molecule has 0 aromatic rings. The topological polar surface area (TPSA) is 52.6 Å². The highest BCUT2D eigenvalue weighted by atomic mass is 16.5. The summed E-state index contributed by atoms with van der Waals surface area (Å²) in [7, 11) is 2.72. The van der Waals surface area contributed by atoms with E-state index in [0.29, 0.717) is 0 Å². The zero-order valence-corrected chi connectivity index (χ0v) is 8.84. The highest BCUT2D eigenvalue weighted by Crippen LogP contribution is 2.33.